The molecule has 1 aliphatic rings. The fourth-order valence-corrected chi connectivity index (χ4v) is 4.31. The van der Waals surface area contributed by atoms with Gasteiger partial charge in [0, 0.05) is 67.0 Å². The Bertz CT molecular complexity index is 1180. The first-order valence-corrected chi connectivity index (χ1v) is 10.4. The quantitative estimate of drug-likeness (QED) is 0.464. The minimum Gasteiger partial charge on any atom is -0.381 e. The third-order valence-electron chi connectivity index (χ3n) is 5.89. The van der Waals surface area contributed by atoms with Gasteiger partial charge in [0.1, 0.15) is 5.65 Å². The number of rotatable bonds is 5. The van der Waals surface area contributed by atoms with Gasteiger partial charge in [0.2, 0.25) is 0 Å². The van der Waals surface area contributed by atoms with Gasteiger partial charge in [-0.3, -0.25) is 4.90 Å². The minimum absolute atomic E-state index is 0.421. The molecule has 4 heterocycles. The summed E-state index contributed by atoms with van der Waals surface area (Å²) in [4.78, 5) is 13.4. The summed E-state index contributed by atoms with van der Waals surface area (Å²) < 4.78 is 0. The van der Waals surface area contributed by atoms with Gasteiger partial charge in [0.05, 0.1) is 17.3 Å². The molecule has 1 fully saturated rings. The Morgan fingerprint density at radius 2 is 2.07 bits per heavy atom. The second kappa shape index (κ2) is 8.05. The van der Waals surface area contributed by atoms with Crippen molar-refractivity contribution in [3.05, 3.63) is 72.3 Å². The standard InChI is InChI=1S/C24H24N6/c25-13-17-2-1-3-18(12-17)16-30-10-6-20(7-11-30)29-23-21-5-9-27-24(21)28-15-22(23)19-4-8-26-14-19/h1-5,8-9,12,14-15,20,26H,6-7,10-11,16H2,(H2,27,28,29). The van der Waals surface area contributed by atoms with Crippen LogP contribution in [0.3, 0.4) is 0 Å². The average molecular weight is 396 g/mol. The number of H-pyrrole nitrogens is 2. The summed E-state index contributed by atoms with van der Waals surface area (Å²) in [5.74, 6) is 0. The highest BCUT2D eigenvalue weighted by atomic mass is 15.1. The fraction of sp³-hybridized carbons (Fsp3) is 0.250. The summed E-state index contributed by atoms with van der Waals surface area (Å²) in [6.45, 7) is 2.97. The molecule has 6 heteroatoms. The predicted molar refractivity (Wildman–Crippen MR) is 119 cm³/mol. The zero-order valence-corrected chi connectivity index (χ0v) is 16.7. The highest BCUT2D eigenvalue weighted by Crippen LogP contribution is 2.34. The number of likely N-dealkylation sites (tertiary alicyclic amines) is 1. The number of hydrogen-bond donors (Lipinski definition) is 3. The van der Waals surface area contributed by atoms with E-state index < -0.39 is 0 Å². The normalized spacial score (nSPS) is 15.3. The van der Waals surface area contributed by atoms with Crippen LogP contribution in [0.5, 0.6) is 0 Å². The Morgan fingerprint density at radius 1 is 1.17 bits per heavy atom. The van der Waals surface area contributed by atoms with Crippen LogP contribution in [-0.2, 0) is 6.54 Å². The number of aromatic nitrogens is 3. The Balaban J connectivity index is 1.30. The molecule has 0 spiro atoms. The highest BCUT2D eigenvalue weighted by molar-refractivity contribution is 5.98. The van der Waals surface area contributed by atoms with E-state index in [1.54, 1.807) is 0 Å². The number of fused-ring (bicyclic) bond motifs is 1. The van der Waals surface area contributed by atoms with E-state index in [0.29, 0.717) is 6.04 Å². The van der Waals surface area contributed by atoms with Crippen LogP contribution < -0.4 is 5.32 Å². The molecular formula is C24H24N6. The van der Waals surface area contributed by atoms with E-state index >= 15 is 0 Å². The zero-order chi connectivity index (χ0) is 20.3. The summed E-state index contributed by atoms with van der Waals surface area (Å²) in [6.07, 6.45) is 10.0. The van der Waals surface area contributed by atoms with E-state index in [0.717, 1.165) is 65.9 Å². The van der Waals surface area contributed by atoms with Crippen LogP contribution in [0.1, 0.15) is 24.0 Å². The van der Waals surface area contributed by atoms with Gasteiger partial charge in [0.15, 0.2) is 0 Å². The van der Waals surface area contributed by atoms with Gasteiger partial charge >= 0.3 is 0 Å². The SMILES string of the molecule is N#Cc1cccc(CN2CCC(Nc3c(-c4cc[nH]c4)cnc4[nH]ccc34)CC2)c1. The van der Waals surface area contributed by atoms with Crippen LogP contribution >= 0.6 is 0 Å². The first kappa shape index (κ1) is 18.5. The van der Waals surface area contributed by atoms with Crippen molar-refractivity contribution in [3.63, 3.8) is 0 Å². The lowest BCUT2D eigenvalue weighted by Gasteiger charge is -2.33. The van der Waals surface area contributed by atoms with Crippen molar-refractivity contribution in [1.82, 2.24) is 19.9 Å². The molecule has 0 radical (unpaired) electrons. The summed E-state index contributed by atoms with van der Waals surface area (Å²) >= 11 is 0. The maximum Gasteiger partial charge on any atom is 0.139 e. The molecule has 4 aromatic rings. The molecular weight excluding hydrogens is 372 g/mol. The molecule has 0 atom stereocenters. The van der Waals surface area contributed by atoms with E-state index in [1.807, 2.05) is 43.0 Å². The van der Waals surface area contributed by atoms with Gasteiger partial charge in [0.25, 0.3) is 0 Å². The lowest BCUT2D eigenvalue weighted by Crippen LogP contribution is -2.38. The lowest BCUT2D eigenvalue weighted by atomic mass is 10.0. The van der Waals surface area contributed by atoms with E-state index in [1.165, 1.54) is 5.56 Å². The molecule has 3 aromatic heterocycles. The number of pyridine rings is 1. The molecule has 0 aliphatic carbocycles. The van der Waals surface area contributed by atoms with Gasteiger partial charge in [-0.25, -0.2) is 4.98 Å². The molecule has 0 unspecified atom stereocenters. The van der Waals surface area contributed by atoms with E-state index in [4.69, 9.17) is 5.26 Å². The largest absolute Gasteiger partial charge is 0.381 e. The molecule has 30 heavy (non-hydrogen) atoms. The van der Waals surface area contributed by atoms with Crippen molar-refractivity contribution >= 4 is 16.7 Å². The van der Waals surface area contributed by atoms with Crippen LogP contribution in [0.25, 0.3) is 22.2 Å². The molecule has 1 aromatic carbocycles. The number of nitrogens with one attached hydrogen (secondary N) is 3. The Morgan fingerprint density at radius 3 is 2.87 bits per heavy atom. The lowest BCUT2D eigenvalue weighted by molar-refractivity contribution is 0.211. The Kier molecular flexibility index (Phi) is 4.96. The highest BCUT2D eigenvalue weighted by Gasteiger charge is 2.22. The van der Waals surface area contributed by atoms with Gasteiger partial charge in [-0.15, -0.1) is 0 Å². The monoisotopic (exact) mass is 396 g/mol. The topological polar surface area (TPSA) is 83.5 Å². The molecule has 1 aliphatic heterocycles. The van der Waals surface area contributed by atoms with Crippen molar-refractivity contribution < 1.29 is 0 Å². The second-order valence-electron chi connectivity index (χ2n) is 7.89. The number of benzene rings is 1. The number of anilines is 1. The van der Waals surface area contributed by atoms with Crippen LogP contribution in [-0.4, -0.2) is 39.0 Å². The second-order valence-corrected chi connectivity index (χ2v) is 7.89. The molecule has 0 amide bonds. The fourth-order valence-electron chi connectivity index (χ4n) is 4.31. The maximum absolute atomic E-state index is 9.11. The third-order valence-corrected chi connectivity index (χ3v) is 5.89. The third kappa shape index (κ3) is 3.68. The van der Waals surface area contributed by atoms with Gasteiger partial charge in [-0.05, 0) is 42.7 Å². The summed E-state index contributed by atoms with van der Waals surface area (Å²) in [5.41, 5.74) is 6.27. The van der Waals surface area contributed by atoms with Crippen molar-refractivity contribution in [2.75, 3.05) is 18.4 Å². The molecule has 6 nitrogen and oxygen atoms in total. The van der Waals surface area contributed by atoms with E-state index in [-0.39, 0.29) is 0 Å². The first-order valence-electron chi connectivity index (χ1n) is 10.4. The Labute approximate surface area is 175 Å². The number of piperidine rings is 1. The minimum atomic E-state index is 0.421. The molecule has 1 saturated heterocycles. The number of aromatic amines is 2. The zero-order valence-electron chi connectivity index (χ0n) is 16.7. The number of nitriles is 1. The van der Waals surface area contributed by atoms with Gasteiger partial charge in [-0.1, -0.05) is 12.1 Å². The Hall–Kier alpha value is -3.56. The van der Waals surface area contributed by atoms with Gasteiger partial charge < -0.3 is 15.3 Å². The average Bonchev–Trinajstić information content (AvgIpc) is 3.48. The molecule has 0 saturated carbocycles. The van der Waals surface area contributed by atoms with Gasteiger partial charge in [-0.2, -0.15) is 5.26 Å². The van der Waals surface area contributed by atoms with Crippen molar-refractivity contribution in [2.24, 2.45) is 0 Å². The summed E-state index contributed by atoms with van der Waals surface area (Å²) in [7, 11) is 0. The van der Waals surface area contributed by atoms with Crippen molar-refractivity contribution in [1.29, 1.82) is 5.26 Å². The van der Waals surface area contributed by atoms with Crippen LogP contribution in [0.15, 0.2) is 61.2 Å². The van der Waals surface area contributed by atoms with Crippen molar-refractivity contribution in [3.8, 4) is 17.2 Å². The predicted octanol–water partition coefficient (Wildman–Crippen LogP) is 4.51. The van der Waals surface area contributed by atoms with E-state index in [9.17, 15) is 0 Å². The number of hydrogen-bond acceptors (Lipinski definition) is 4. The maximum atomic E-state index is 9.11. The smallest absolute Gasteiger partial charge is 0.139 e. The van der Waals surface area contributed by atoms with Crippen molar-refractivity contribution in [2.45, 2.75) is 25.4 Å². The molecule has 5 rings (SSSR count). The van der Waals surface area contributed by atoms with E-state index in [2.05, 4.69) is 49.4 Å². The van der Waals surface area contributed by atoms with Crippen LogP contribution in [0.4, 0.5) is 5.69 Å². The van der Waals surface area contributed by atoms with Crippen LogP contribution in [0.2, 0.25) is 0 Å². The molecule has 3 N–H and O–H groups in total. The first-order chi connectivity index (χ1) is 14.8. The summed E-state index contributed by atoms with van der Waals surface area (Å²) in [6, 6.07) is 14.8. The summed E-state index contributed by atoms with van der Waals surface area (Å²) in [5, 5.41) is 14.1. The number of nitrogens with zero attached hydrogens (tertiary/aromatic N) is 3. The molecule has 150 valence electrons. The molecule has 0 bridgehead atoms. The van der Waals surface area contributed by atoms with Crippen LogP contribution in [0, 0.1) is 11.3 Å².